The van der Waals surface area contributed by atoms with E-state index in [1.807, 2.05) is 0 Å². The van der Waals surface area contributed by atoms with Crippen molar-refractivity contribution < 1.29 is 8.42 Å². The van der Waals surface area contributed by atoms with Crippen LogP contribution in [-0.2, 0) is 10.2 Å². The van der Waals surface area contributed by atoms with Crippen LogP contribution in [0.4, 0.5) is 0 Å². The van der Waals surface area contributed by atoms with Crippen molar-refractivity contribution in [1.82, 2.24) is 13.9 Å². The second-order valence-corrected chi connectivity index (χ2v) is 9.25. The van der Waals surface area contributed by atoms with Crippen LogP contribution in [0.1, 0.15) is 46.5 Å². The predicted molar refractivity (Wildman–Crippen MR) is 86.3 cm³/mol. The quantitative estimate of drug-likeness (QED) is 0.758. The van der Waals surface area contributed by atoms with Gasteiger partial charge in [-0.1, -0.05) is 20.8 Å². The van der Waals surface area contributed by atoms with Gasteiger partial charge in [-0.05, 0) is 50.1 Å². The molecule has 0 saturated carbocycles. The Morgan fingerprint density at radius 2 is 2.00 bits per heavy atom. The van der Waals surface area contributed by atoms with Crippen LogP contribution in [0.2, 0.25) is 0 Å². The monoisotopic (exact) mass is 317 g/mol. The molecule has 2 rings (SSSR count). The summed E-state index contributed by atoms with van der Waals surface area (Å²) in [6.45, 7) is 11.1. The second kappa shape index (κ2) is 6.94. The first-order valence-electron chi connectivity index (χ1n) is 8.31. The summed E-state index contributed by atoms with van der Waals surface area (Å²) < 4.78 is 29.0. The van der Waals surface area contributed by atoms with Crippen molar-refractivity contribution in [3.8, 4) is 0 Å². The van der Waals surface area contributed by atoms with Crippen LogP contribution < -0.4 is 5.32 Å². The number of hydrogen-bond acceptors (Lipinski definition) is 3. The summed E-state index contributed by atoms with van der Waals surface area (Å²) in [7, 11) is -3.26. The molecule has 2 fully saturated rings. The van der Waals surface area contributed by atoms with Gasteiger partial charge < -0.3 is 5.32 Å². The van der Waals surface area contributed by atoms with E-state index in [1.165, 1.54) is 0 Å². The molecule has 21 heavy (non-hydrogen) atoms. The van der Waals surface area contributed by atoms with E-state index in [1.54, 1.807) is 8.61 Å². The zero-order valence-corrected chi connectivity index (χ0v) is 14.6. The molecule has 0 aliphatic carbocycles. The molecule has 6 heteroatoms. The fourth-order valence-electron chi connectivity index (χ4n) is 3.31. The second-order valence-electron chi connectivity index (χ2n) is 7.33. The van der Waals surface area contributed by atoms with Gasteiger partial charge in [0, 0.05) is 26.2 Å². The number of piperidine rings is 1. The summed E-state index contributed by atoms with van der Waals surface area (Å²) in [5.74, 6) is 0.454. The first kappa shape index (κ1) is 17.2. The molecule has 2 heterocycles. The predicted octanol–water partition coefficient (Wildman–Crippen LogP) is 1.67. The van der Waals surface area contributed by atoms with Crippen molar-refractivity contribution in [1.29, 1.82) is 0 Å². The molecule has 1 atom stereocenters. The van der Waals surface area contributed by atoms with Crippen molar-refractivity contribution in [2.45, 2.75) is 46.5 Å². The summed E-state index contributed by atoms with van der Waals surface area (Å²) in [6.07, 6.45) is 4.20. The summed E-state index contributed by atoms with van der Waals surface area (Å²) >= 11 is 0. The largest absolute Gasteiger partial charge is 0.316 e. The minimum atomic E-state index is -3.26. The van der Waals surface area contributed by atoms with E-state index in [0.29, 0.717) is 32.1 Å². The van der Waals surface area contributed by atoms with Gasteiger partial charge in [0.1, 0.15) is 0 Å². The molecule has 0 bridgehead atoms. The van der Waals surface area contributed by atoms with Crippen molar-refractivity contribution >= 4 is 10.2 Å². The Labute approximate surface area is 130 Å². The Kier molecular flexibility index (Phi) is 5.68. The molecule has 0 amide bonds. The van der Waals surface area contributed by atoms with Crippen LogP contribution in [0.15, 0.2) is 0 Å². The van der Waals surface area contributed by atoms with E-state index in [-0.39, 0.29) is 5.41 Å². The van der Waals surface area contributed by atoms with Gasteiger partial charge in [-0.25, -0.2) is 0 Å². The van der Waals surface area contributed by atoms with Crippen LogP contribution in [0.5, 0.6) is 0 Å². The molecule has 2 aliphatic rings. The third-order valence-corrected chi connectivity index (χ3v) is 6.58. The molecule has 0 spiro atoms. The lowest BCUT2D eigenvalue weighted by Gasteiger charge is -2.34. The van der Waals surface area contributed by atoms with Crippen molar-refractivity contribution in [3.05, 3.63) is 0 Å². The molecule has 2 aliphatic heterocycles. The number of nitrogens with one attached hydrogen (secondary N) is 1. The smallest absolute Gasteiger partial charge is 0.282 e. The summed E-state index contributed by atoms with van der Waals surface area (Å²) in [4.78, 5) is 0. The first-order valence-corrected chi connectivity index (χ1v) is 9.71. The third-order valence-electron chi connectivity index (χ3n) is 4.64. The Morgan fingerprint density at radius 1 is 1.24 bits per heavy atom. The molecule has 2 saturated heterocycles. The van der Waals surface area contributed by atoms with Crippen LogP contribution in [-0.4, -0.2) is 56.3 Å². The molecule has 0 aromatic heterocycles. The van der Waals surface area contributed by atoms with Crippen LogP contribution >= 0.6 is 0 Å². The van der Waals surface area contributed by atoms with E-state index in [4.69, 9.17) is 0 Å². The van der Waals surface area contributed by atoms with Gasteiger partial charge in [0.15, 0.2) is 0 Å². The molecule has 1 N–H and O–H groups in total. The van der Waals surface area contributed by atoms with Gasteiger partial charge in [0.05, 0.1) is 0 Å². The zero-order valence-electron chi connectivity index (χ0n) is 13.8. The lowest BCUT2D eigenvalue weighted by molar-refractivity contribution is 0.244. The van der Waals surface area contributed by atoms with Crippen molar-refractivity contribution in [2.24, 2.45) is 11.3 Å². The van der Waals surface area contributed by atoms with Crippen molar-refractivity contribution in [3.63, 3.8) is 0 Å². The van der Waals surface area contributed by atoms with Crippen LogP contribution in [0.3, 0.4) is 0 Å². The van der Waals surface area contributed by atoms with E-state index >= 15 is 0 Å². The topological polar surface area (TPSA) is 52.7 Å². The van der Waals surface area contributed by atoms with Gasteiger partial charge >= 0.3 is 0 Å². The zero-order chi connectivity index (χ0) is 15.5. The highest BCUT2D eigenvalue weighted by Gasteiger charge is 2.40. The highest BCUT2D eigenvalue weighted by atomic mass is 32.2. The van der Waals surface area contributed by atoms with E-state index in [2.05, 4.69) is 26.1 Å². The van der Waals surface area contributed by atoms with E-state index < -0.39 is 10.2 Å². The maximum absolute atomic E-state index is 12.8. The van der Waals surface area contributed by atoms with Crippen molar-refractivity contribution in [2.75, 3.05) is 39.3 Å². The lowest BCUT2D eigenvalue weighted by atomic mass is 9.93. The average Bonchev–Trinajstić information content (AvgIpc) is 2.80. The Balaban J connectivity index is 1.93. The molecule has 0 radical (unpaired) electrons. The Bertz CT molecular complexity index is 436. The molecular weight excluding hydrogens is 286 g/mol. The maximum Gasteiger partial charge on any atom is 0.282 e. The van der Waals surface area contributed by atoms with Gasteiger partial charge in [-0.2, -0.15) is 17.0 Å². The van der Waals surface area contributed by atoms with Gasteiger partial charge in [0.2, 0.25) is 0 Å². The normalized spacial score (nSPS) is 28.0. The fourth-order valence-corrected chi connectivity index (χ4v) is 5.23. The minimum Gasteiger partial charge on any atom is -0.316 e. The fraction of sp³-hybridized carbons (Fsp3) is 1.00. The highest BCUT2D eigenvalue weighted by molar-refractivity contribution is 7.86. The third kappa shape index (κ3) is 4.41. The Morgan fingerprint density at radius 3 is 2.62 bits per heavy atom. The average molecular weight is 317 g/mol. The molecule has 5 nitrogen and oxygen atoms in total. The van der Waals surface area contributed by atoms with Gasteiger partial charge in [0.25, 0.3) is 10.2 Å². The highest BCUT2D eigenvalue weighted by Crippen LogP contribution is 2.32. The van der Waals surface area contributed by atoms with E-state index in [0.717, 1.165) is 38.8 Å². The summed E-state index contributed by atoms with van der Waals surface area (Å²) in [6, 6.07) is 0. The molecule has 0 aromatic carbocycles. The molecule has 1 unspecified atom stereocenters. The minimum absolute atomic E-state index is 0.116. The molecule has 0 aromatic rings. The van der Waals surface area contributed by atoms with E-state index in [9.17, 15) is 8.42 Å². The van der Waals surface area contributed by atoms with Crippen LogP contribution in [0, 0.1) is 11.3 Å². The van der Waals surface area contributed by atoms with Gasteiger partial charge in [-0.3, -0.25) is 0 Å². The maximum atomic E-state index is 12.8. The number of nitrogens with zero attached hydrogens (tertiary/aromatic N) is 2. The molecular formula is C15H31N3O2S. The standard InChI is InChI=1S/C15H31N3O2S/c1-4-8-16-11-14-6-5-9-17(12-14)21(19,20)18-10-7-15(2,3)13-18/h14,16H,4-13H2,1-3H3. The van der Waals surface area contributed by atoms with Gasteiger partial charge in [-0.15, -0.1) is 0 Å². The lowest BCUT2D eigenvalue weighted by Crippen LogP contribution is -2.49. The Hall–Kier alpha value is -0.170. The molecule has 124 valence electrons. The van der Waals surface area contributed by atoms with Crippen LogP contribution in [0.25, 0.3) is 0 Å². The number of rotatable bonds is 6. The first-order chi connectivity index (χ1) is 9.85. The number of hydrogen-bond donors (Lipinski definition) is 1. The SMILES string of the molecule is CCCNCC1CCCN(S(=O)(=O)N2CCC(C)(C)C2)C1. The summed E-state index contributed by atoms with van der Waals surface area (Å²) in [5, 5.41) is 3.42. The summed E-state index contributed by atoms with van der Waals surface area (Å²) in [5.41, 5.74) is 0.116.